The van der Waals surface area contributed by atoms with Gasteiger partial charge in [0.15, 0.2) is 0 Å². The summed E-state index contributed by atoms with van der Waals surface area (Å²) in [5.41, 5.74) is 4.89. The van der Waals surface area contributed by atoms with Crippen LogP contribution < -0.4 is 15.8 Å². The third kappa shape index (κ3) is 4.18. The molecule has 0 aliphatic rings. The third-order valence-electron chi connectivity index (χ3n) is 2.17. The molecular weight excluding hydrogens is 273 g/mol. The Kier molecular flexibility index (Phi) is 4.84. The van der Waals surface area contributed by atoms with Crippen LogP contribution in [0.2, 0.25) is 0 Å². The number of sulfonamides is 1. The zero-order valence-electron chi connectivity index (χ0n) is 10.6. The molecule has 0 saturated carbocycles. The molecule has 0 saturated heterocycles. The van der Waals surface area contributed by atoms with Gasteiger partial charge in [-0.2, -0.15) is 0 Å². The molecule has 19 heavy (non-hydrogen) atoms. The van der Waals surface area contributed by atoms with E-state index in [4.69, 9.17) is 5.73 Å². The van der Waals surface area contributed by atoms with Gasteiger partial charge in [-0.05, 0) is 26.0 Å². The molecule has 0 atom stereocenters. The summed E-state index contributed by atoms with van der Waals surface area (Å²) < 4.78 is 39.0. The number of para-hydroxylation sites is 1. The summed E-state index contributed by atoms with van der Waals surface area (Å²) in [6.07, 6.45) is 0. The predicted molar refractivity (Wildman–Crippen MR) is 69.3 cm³/mol. The standard InChI is InChI=1S/C11H16FN3O3S/c1-7(2)15-10(16)6-14-19(17,18)9-5-3-4-8(12)11(9)13/h3-5,7,14H,6,13H2,1-2H3,(H,15,16). The highest BCUT2D eigenvalue weighted by Crippen LogP contribution is 2.20. The van der Waals surface area contributed by atoms with Crippen molar-refractivity contribution in [2.45, 2.75) is 24.8 Å². The van der Waals surface area contributed by atoms with Crippen molar-refractivity contribution in [2.24, 2.45) is 0 Å². The molecule has 0 bridgehead atoms. The lowest BCUT2D eigenvalue weighted by Gasteiger charge is -2.11. The number of nitrogens with two attached hydrogens (primary N) is 1. The number of hydrogen-bond acceptors (Lipinski definition) is 4. The maximum absolute atomic E-state index is 13.2. The maximum Gasteiger partial charge on any atom is 0.243 e. The number of nitrogen functional groups attached to an aromatic ring is 1. The van der Waals surface area contributed by atoms with Crippen LogP contribution in [0.4, 0.5) is 10.1 Å². The molecule has 106 valence electrons. The minimum atomic E-state index is -4.02. The van der Waals surface area contributed by atoms with Crippen molar-refractivity contribution >= 4 is 21.6 Å². The lowest BCUT2D eigenvalue weighted by atomic mass is 10.3. The molecule has 1 aromatic carbocycles. The van der Waals surface area contributed by atoms with Crippen LogP contribution in [0.5, 0.6) is 0 Å². The van der Waals surface area contributed by atoms with Crippen LogP contribution >= 0.6 is 0 Å². The van der Waals surface area contributed by atoms with E-state index in [1.165, 1.54) is 12.1 Å². The predicted octanol–water partition coefficient (Wildman–Crippen LogP) is 0.211. The molecule has 1 amide bonds. The first-order valence-electron chi connectivity index (χ1n) is 5.57. The van der Waals surface area contributed by atoms with Crippen molar-refractivity contribution in [1.29, 1.82) is 0 Å². The molecule has 0 heterocycles. The topological polar surface area (TPSA) is 101 Å². The number of anilines is 1. The zero-order chi connectivity index (χ0) is 14.6. The second kappa shape index (κ2) is 5.98. The number of nitrogens with one attached hydrogen (secondary N) is 2. The lowest BCUT2D eigenvalue weighted by molar-refractivity contribution is -0.120. The Morgan fingerprint density at radius 3 is 2.63 bits per heavy atom. The van der Waals surface area contributed by atoms with E-state index >= 15 is 0 Å². The molecule has 1 aromatic rings. The highest BCUT2D eigenvalue weighted by atomic mass is 32.2. The maximum atomic E-state index is 13.2. The summed E-state index contributed by atoms with van der Waals surface area (Å²) in [4.78, 5) is 11.0. The summed E-state index contributed by atoms with van der Waals surface area (Å²) in [5.74, 6) is -1.30. The minimum absolute atomic E-state index is 0.101. The number of hydrogen-bond donors (Lipinski definition) is 3. The monoisotopic (exact) mass is 289 g/mol. The average molecular weight is 289 g/mol. The van der Waals surface area contributed by atoms with Crippen LogP contribution in [0.1, 0.15) is 13.8 Å². The molecule has 0 fully saturated rings. The van der Waals surface area contributed by atoms with E-state index in [1.807, 2.05) is 0 Å². The number of amides is 1. The number of carbonyl (C=O) groups excluding carboxylic acids is 1. The summed E-state index contributed by atoms with van der Waals surface area (Å²) in [6, 6.07) is 3.35. The Hall–Kier alpha value is -1.67. The van der Waals surface area contributed by atoms with Gasteiger partial charge in [0, 0.05) is 6.04 Å². The smallest absolute Gasteiger partial charge is 0.243 e. The number of carbonyl (C=O) groups is 1. The SMILES string of the molecule is CC(C)NC(=O)CNS(=O)(=O)c1cccc(F)c1N. The van der Waals surface area contributed by atoms with Crippen molar-refractivity contribution < 1.29 is 17.6 Å². The fourth-order valence-electron chi connectivity index (χ4n) is 1.36. The molecule has 0 aromatic heterocycles. The molecule has 0 radical (unpaired) electrons. The summed E-state index contributed by atoms with van der Waals surface area (Å²) >= 11 is 0. The van der Waals surface area contributed by atoms with Crippen molar-refractivity contribution in [3.05, 3.63) is 24.0 Å². The van der Waals surface area contributed by atoms with Gasteiger partial charge in [0.1, 0.15) is 10.7 Å². The molecule has 4 N–H and O–H groups in total. The number of benzene rings is 1. The van der Waals surface area contributed by atoms with Gasteiger partial charge in [0.2, 0.25) is 15.9 Å². The van der Waals surface area contributed by atoms with Gasteiger partial charge < -0.3 is 11.1 Å². The van der Waals surface area contributed by atoms with E-state index in [-0.39, 0.29) is 10.9 Å². The van der Waals surface area contributed by atoms with E-state index in [1.54, 1.807) is 13.8 Å². The average Bonchev–Trinajstić information content (AvgIpc) is 2.29. The van der Waals surface area contributed by atoms with E-state index in [9.17, 15) is 17.6 Å². The van der Waals surface area contributed by atoms with Crippen LogP contribution in [0, 0.1) is 5.82 Å². The molecular formula is C11H16FN3O3S. The van der Waals surface area contributed by atoms with Crippen LogP contribution in [-0.4, -0.2) is 26.9 Å². The first-order chi connectivity index (χ1) is 8.74. The molecule has 8 heteroatoms. The van der Waals surface area contributed by atoms with Gasteiger partial charge >= 0.3 is 0 Å². The fourth-order valence-corrected chi connectivity index (χ4v) is 2.48. The lowest BCUT2D eigenvalue weighted by Crippen LogP contribution is -2.39. The van der Waals surface area contributed by atoms with Crippen LogP contribution in [-0.2, 0) is 14.8 Å². The highest BCUT2D eigenvalue weighted by Gasteiger charge is 2.20. The number of rotatable bonds is 5. The summed E-state index contributed by atoms with van der Waals surface area (Å²) in [7, 11) is -4.02. The molecule has 0 aliphatic heterocycles. The van der Waals surface area contributed by atoms with Gasteiger partial charge in [-0.15, -0.1) is 0 Å². The van der Waals surface area contributed by atoms with Gasteiger partial charge in [0.25, 0.3) is 0 Å². The molecule has 6 nitrogen and oxygen atoms in total. The molecule has 0 spiro atoms. The van der Waals surface area contributed by atoms with E-state index < -0.39 is 34.0 Å². The molecule has 0 unspecified atom stereocenters. The molecule has 1 rings (SSSR count). The Morgan fingerprint density at radius 2 is 2.05 bits per heavy atom. The van der Waals surface area contributed by atoms with E-state index in [2.05, 4.69) is 10.0 Å². The quantitative estimate of drug-likeness (QED) is 0.674. The number of halogens is 1. The highest BCUT2D eigenvalue weighted by molar-refractivity contribution is 7.89. The second-order valence-corrected chi connectivity index (χ2v) is 5.93. The fraction of sp³-hybridized carbons (Fsp3) is 0.364. The van der Waals surface area contributed by atoms with Crippen LogP contribution in [0.15, 0.2) is 23.1 Å². The van der Waals surface area contributed by atoms with Gasteiger partial charge in [-0.3, -0.25) is 4.79 Å². The minimum Gasteiger partial charge on any atom is -0.395 e. The van der Waals surface area contributed by atoms with Gasteiger partial charge in [-0.1, -0.05) is 6.07 Å². The first kappa shape index (κ1) is 15.4. The Morgan fingerprint density at radius 1 is 1.42 bits per heavy atom. The van der Waals surface area contributed by atoms with Gasteiger partial charge in [0.05, 0.1) is 12.2 Å². The zero-order valence-corrected chi connectivity index (χ0v) is 11.4. The summed E-state index contributed by atoms with van der Waals surface area (Å²) in [5, 5.41) is 2.52. The van der Waals surface area contributed by atoms with Crippen molar-refractivity contribution in [1.82, 2.24) is 10.0 Å². The second-order valence-electron chi connectivity index (χ2n) is 4.20. The normalized spacial score (nSPS) is 11.6. The Labute approximate surface area is 111 Å². The van der Waals surface area contributed by atoms with Crippen molar-refractivity contribution in [3.8, 4) is 0 Å². The van der Waals surface area contributed by atoms with Crippen LogP contribution in [0.3, 0.4) is 0 Å². The van der Waals surface area contributed by atoms with Crippen molar-refractivity contribution in [3.63, 3.8) is 0 Å². The third-order valence-corrected chi connectivity index (χ3v) is 3.63. The summed E-state index contributed by atoms with van der Waals surface area (Å²) in [6.45, 7) is 3.06. The van der Waals surface area contributed by atoms with E-state index in [0.29, 0.717) is 0 Å². The molecule has 0 aliphatic carbocycles. The van der Waals surface area contributed by atoms with Crippen molar-refractivity contribution in [2.75, 3.05) is 12.3 Å². The largest absolute Gasteiger partial charge is 0.395 e. The Bertz CT molecular complexity index is 573. The first-order valence-corrected chi connectivity index (χ1v) is 7.05. The van der Waals surface area contributed by atoms with E-state index in [0.717, 1.165) is 6.07 Å². The van der Waals surface area contributed by atoms with Crippen LogP contribution in [0.25, 0.3) is 0 Å². The Balaban J connectivity index is 2.82. The van der Waals surface area contributed by atoms with Gasteiger partial charge in [-0.25, -0.2) is 17.5 Å².